The molecule has 1 aliphatic rings. The van der Waals surface area contributed by atoms with E-state index in [-0.39, 0.29) is 17.7 Å². The highest BCUT2D eigenvalue weighted by atomic mass is 16.5. The van der Waals surface area contributed by atoms with Crippen LogP contribution in [0.5, 0.6) is 0 Å². The van der Waals surface area contributed by atoms with E-state index in [0.717, 1.165) is 12.8 Å². The third-order valence-corrected chi connectivity index (χ3v) is 3.30. The van der Waals surface area contributed by atoms with Gasteiger partial charge in [-0.25, -0.2) is 0 Å². The predicted molar refractivity (Wildman–Crippen MR) is 61.1 cm³/mol. The van der Waals surface area contributed by atoms with Crippen molar-refractivity contribution >= 4 is 11.8 Å². The van der Waals surface area contributed by atoms with Crippen LogP contribution in [0.1, 0.15) is 32.6 Å². The number of methoxy groups -OCH3 is 1. The van der Waals surface area contributed by atoms with Gasteiger partial charge in [-0.15, -0.1) is 0 Å². The molecule has 0 spiro atoms. The van der Waals surface area contributed by atoms with E-state index in [1.54, 1.807) is 0 Å². The van der Waals surface area contributed by atoms with Crippen LogP contribution in [0, 0.1) is 11.8 Å². The smallest absolute Gasteiger partial charge is 0.316 e. The summed E-state index contributed by atoms with van der Waals surface area (Å²) >= 11 is 0. The number of hydrogen-bond donors (Lipinski definition) is 0. The Morgan fingerprint density at radius 2 is 2.41 bits per heavy atom. The number of esters is 1. The van der Waals surface area contributed by atoms with E-state index in [2.05, 4.69) is 14.8 Å². The molecule has 0 heterocycles. The predicted octanol–water partition coefficient (Wildman–Crippen LogP) is 2.23. The minimum absolute atomic E-state index is 0.0975. The summed E-state index contributed by atoms with van der Waals surface area (Å²) in [5, 5.41) is 3.69. The van der Waals surface area contributed by atoms with E-state index >= 15 is 0 Å². The van der Waals surface area contributed by atoms with Crippen LogP contribution in [0.25, 0.3) is 10.4 Å². The Morgan fingerprint density at radius 3 is 2.94 bits per heavy atom. The van der Waals surface area contributed by atoms with Crippen molar-refractivity contribution in [3.05, 3.63) is 10.4 Å². The van der Waals surface area contributed by atoms with Gasteiger partial charge in [-0.3, -0.25) is 9.59 Å². The first-order chi connectivity index (χ1) is 8.15. The Labute approximate surface area is 100.0 Å². The van der Waals surface area contributed by atoms with Crippen molar-refractivity contribution in [1.29, 1.82) is 0 Å². The SMILES string of the molecule is CCC(N=[N+]=[N-])[C@@H]1CCCC(=O)[C@H]1C(=O)OC. The summed E-state index contributed by atoms with van der Waals surface area (Å²) in [5.41, 5.74) is 8.50. The van der Waals surface area contributed by atoms with E-state index in [4.69, 9.17) is 5.53 Å². The van der Waals surface area contributed by atoms with Crippen molar-refractivity contribution in [3.8, 4) is 0 Å². The van der Waals surface area contributed by atoms with Crippen LogP contribution in [0.15, 0.2) is 5.11 Å². The Balaban J connectivity index is 2.95. The average molecular weight is 239 g/mol. The van der Waals surface area contributed by atoms with Crippen LogP contribution in [0.3, 0.4) is 0 Å². The zero-order valence-electron chi connectivity index (χ0n) is 10.1. The van der Waals surface area contributed by atoms with Crippen molar-refractivity contribution in [1.82, 2.24) is 0 Å². The van der Waals surface area contributed by atoms with E-state index in [1.807, 2.05) is 6.92 Å². The molecule has 0 aliphatic heterocycles. The summed E-state index contributed by atoms with van der Waals surface area (Å²) in [7, 11) is 1.27. The average Bonchev–Trinajstić information content (AvgIpc) is 2.34. The van der Waals surface area contributed by atoms with Crippen LogP contribution < -0.4 is 0 Å². The third kappa shape index (κ3) is 2.97. The molecule has 1 saturated carbocycles. The molecule has 0 aromatic carbocycles. The molecule has 1 unspecified atom stereocenters. The number of nitrogens with zero attached hydrogens (tertiary/aromatic N) is 3. The van der Waals surface area contributed by atoms with Gasteiger partial charge in [0.25, 0.3) is 0 Å². The maximum absolute atomic E-state index is 11.8. The molecule has 6 nitrogen and oxygen atoms in total. The number of carbonyl (C=O) groups is 2. The zero-order valence-corrected chi connectivity index (χ0v) is 10.1. The standard InChI is InChI=1S/C11H17N3O3/c1-3-8(13-14-12)7-5-4-6-9(15)10(7)11(16)17-2/h7-8,10H,3-6H2,1-2H3/t7-,8?,10-/m0/s1. The van der Waals surface area contributed by atoms with Gasteiger partial charge < -0.3 is 4.74 Å². The van der Waals surface area contributed by atoms with Crippen LogP contribution in [0.2, 0.25) is 0 Å². The molecular formula is C11H17N3O3. The lowest BCUT2D eigenvalue weighted by atomic mass is 9.74. The van der Waals surface area contributed by atoms with Crippen molar-refractivity contribution in [2.45, 2.75) is 38.6 Å². The number of hydrogen-bond acceptors (Lipinski definition) is 4. The number of ether oxygens (including phenoxy) is 1. The molecule has 0 saturated heterocycles. The molecule has 17 heavy (non-hydrogen) atoms. The Hall–Kier alpha value is -1.55. The molecule has 6 heteroatoms. The largest absolute Gasteiger partial charge is 0.468 e. The fraction of sp³-hybridized carbons (Fsp3) is 0.818. The highest BCUT2D eigenvalue weighted by molar-refractivity contribution is 5.99. The number of Topliss-reactive ketones (excluding diaryl/α,β-unsaturated/α-hetero) is 1. The van der Waals surface area contributed by atoms with Crippen LogP contribution in [-0.2, 0) is 14.3 Å². The topological polar surface area (TPSA) is 92.1 Å². The van der Waals surface area contributed by atoms with Gasteiger partial charge in [0.2, 0.25) is 0 Å². The number of carbonyl (C=O) groups excluding carboxylic acids is 2. The quantitative estimate of drug-likeness (QED) is 0.247. The maximum atomic E-state index is 11.8. The van der Waals surface area contributed by atoms with Crippen molar-refractivity contribution in [2.75, 3.05) is 7.11 Å². The van der Waals surface area contributed by atoms with Crippen LogP contribution in [-0.4, -0.2) is 24.9 Å². The minimum atomic E-state index is -0.760. The molecule has 94 valence electrons. The summed E-state index contributed by atoms with van der Waals surface area (Å²) in [6.07, 6.45) is 2.50. The lowest BCUT2D eigenvalue weighted by Gasteiger charge is -2.31. The molecule has 0 amide bonds. The first kappa shape index (κ1) is 13.5. The van der Waals surface area contributed by atoms with Crippen molar-refractivity contribution in [3.63, 3.8) is 0 Å². The normalized spacial score (nSPS) is 25.9. The molecule has 1 aliphatic carbocycles. The lowest BCUT2D eigenvalue weighted by Crippen LogP contribution is -2.40. The van der Waals surface area contributed by atoms with Gasteiger partial charge in [0.1, 0.15) is 11.7 Å². The highest BCUT2D eigenvalue weighted by Crippen LogP contribution is 2.33. The number of ketones is 1. The fourth-order valence-electron chi connectivity index (χ4n) is 2.46. The van der Waals surface area contributed by atoms with Gasteiger partial charge in [0, 0.05) is 17.4 Å². The molecule has 0 N–H and O–H groups in total. The molecule has 1 rings (SSSR count). The van der Waals surface area contributed by atoms with E-state index in [9.17, 15) is 9.59 Å². The second kappa shape index (κ2) is 6.25. The Kier molecular flexibility index (Phi) is 4.97. The number of azide groups is 1. The highest BCUT2D eigenvalue weighted by Gasteiger charge is 2.41. The molecule has 0 radical (unpaired) electrons. The summed E-state index contributed by atoms with van der Waals surface area (Å²) in [4.78, 5) is 26.2. The first-order valence-electron chi connectivity index (χ1n) is 5.80. The molecular weight excluding hydrogens is 222 g/mol. The fourth-order valence-corrected chi connectivity index (χ4v) is 2.46. The van der Waals surface area contributed by atoms with E-state index < -0.39 is 11.9 Å². The molecule has 0 aromatic rings. The van der Waals surface area contributed by atoms with E-state index in [1.165, 1.54) is 7.11 Å². The Bertz CT molecular complexity index is 342. The second-order valence-corrected chi connectivity index (χ2v) is 4.20. The molecule has 3 atom stereocenters. The Morgan fingerprint density at radius 1 is 1.71 bits per heavy atom. The van der Waals surface area contributed by atoms with Gasteiger partial charge in [-0.05, 0) is 30.7 Å². The van der Waals surface area contributed by atoms with Gasteiger partial charge in [-0.2, -0.15) is 0 Å². The molecule has 1 fully saturated rings. The summed E-state index contributed by atoms with van der Waals surface area (Å²) in [6.45, 7) is 1.88. The maximum Gasteiger partial charge on any atom is 0.316 e. The lowest BCUT2D eigenvalue weighted by molar-refractivity contribution is -0.153. The summed E-state index contributed by atoms with van der Waals surface area (Å²) < 4.78 is 4.67. The summed E-state index contributed by atoms with van der Waals surface area (Å²) in [5.74, 6) is -1.58. The third-order valence-electron chi connectivity index (χ3n) is 3.30. The van der Waals surface area contributed by atoms with Crippen LogP contribution >= 0.6 is 0 Å². The monoisotopic (exact) mass is 239 g/mol. The van der Waals surface area contributed by atoms with Gasteiger partial charge in [-0.1, -0.05) is 12.0 Å². The van der Waals surface area contributed by atoms with Crippen LogP contribution in [0.4, 0.5) is 0 Å². The van der Waals surface area contributed by atoms with Gasteiger partial charge in [0.15, 0.2) is 0 Å². The van der Waals surface area contributed by atoms with Gasteiger partial charge >= 0.3 is 5.97 Å². The minimum Gasteiger partial charge on any atom is -0.468 e. The van der Waals surface area contributed by atoms with Gasteiger partial charge in [0.05, 0.1) is 7.11 Å². The van der Waals surface area contributed by atoms with Crippen molar-refractivity contribution < 1.29 is 14.3 Å². The van der Waals surface area contributed by atoms with E-state index in [0.29, 0.717) is 12.8 Å². The van der Waals surface area contributed by atoms with Crippen molar-refractivity contribution in [2.24, 2.45) is 17.0 Å². The molecule has 0 aromatic heterocycles. The summed E-state index contributed by atoms with van der Waals surface area (Å²) in [6, 6.07) is -0.312. The first-order valence-corrected chi connectivity index (χ1v) is 5.80. The zero-order chi connectivity index (χ0) is 12.8. The molecule has 0 bridgehead atoms. The second-order valence-electron chi connectivity index (χ2n) is 4.20. The number of rotatable bonds is 4.